The van der Waals surface area contributed by atoms with Crippen LogP contribution in [-0.2, 0) is 4.79 Å². The molecule has 8 heteroatoms. The molecule has 0 fully saturated rings. The molecule has 0 aliphatic rings. The summed E-state index contributed by atoms with van der Waals surface area (Å²) in [4.78, 5) is 31.7. The second kappa shape index (κ2) is 9.93. The Hall–Kier alpha value is -2.32. The number of thioether (sulfide) groups is 2. The standard InChI is InChI=1S/C21H22FN3O2S2/c1-3-24(4-2)19(26)13-28-14-29-21-23-18-8-6-5-7-17(18)20(27)25(21)16-11-9-15(22)10-12-16/h5-12H,3-4,13-14H2,1-2H3. The third kappa shape index (κ3) is 5.00. The first-order valence-corrected chi connectivity index (χ1v) is 11.4. The monoisotopic (exact) mass is 431 g/mol. The topological polar surface area (TPSA) is 55.2 Å². The van der Waals surface area contributed by atoms with Gasteiger partial charge < -0.3 is 4.90 Å². The summed E-state index contributed by atoms with van der Waals surface area (Å²) >= 11 is 2.88. The Bertz CT molecular complexity index is 1050. The Labute approximate surface area is 177 Å². The van der Waals surface area contributed by atoms with Crippen molar-refractivity contribution >= 4 is 40.3 Å². The van der Waals surface area contributed by atoms with Crippen molar-refractivity contribution in [3.05, 3.63) is 64.7 Å². The Morgan fingerprint density at radius 2 is 1.79 bits per heavy atom. The fourth-order valence-corrected chi connectivity index (χ4v) is 4.84. The molecule has 0 bridgehead atoms. The number of nitrogens with zero attached hydrogens (tertiary/aromatic N) is 3. The van der Waals surface area contributed by atoms with E-state index in [1.165, 1.54) is 40.2 Å². The fourth-order valence-electron chi connectivity index (χ4n) is 2.92. The molecule has 3 rings (SSSR count). The molecule has 0 aliphatic carbocycles. The van der Waals surface area contributed by atoms with Gasteiger partial charge in [0.25, 0.3) is 5.56 Å². The first kappa shape index (κ1) is 21.4. The van der Waals surface area contributed by atoms with Gasteiger partial charge in [-0.1, -0.05) is 23.9 Å². The van der Waals surface area contributed by atoms with Crippen LogP contribution in [0, 0.1) is 5.82 Å². The van der Waals surface area contributed by atoms with Gasteiger partial charge in [-0.05, 0) is 50.2 Å². The number of halogens is 1. The zero-order valence-corrected chi connectivity index (χ0v) is 17.9. The Morgan fingerprint density at radius 3 is 2.48 bits per heavy atom. The van der Waals surface area contributed by atoms with Crippen LogP contribution in [-0.4, -0.2) is 44.3 Å². The van der Waals surface area contributed by atoms with E-state index in [0.717, 1.165) is 0 Å². The third-order valence-corrected chi connectivity index (χ3v) is 6.56. The molecule has 1 aromatic heterocycles. The Kier molecular flexibility index (Phi) is 7.33. The van der Waals surface area contributed by atoms with Crippen LogP contribution in [0.2, 0.25) is 0 Å². The molecule has 0 atom stereocenters. The number of hydrogen-bond acceptors (Lipinski definition) is 5. The molecule has 152 valence electrons. The van der Waals surface area contributed by atoms with E-state index in [1.807, 2.05) is 19.9 Å². The van der Waals surface area contributed by atoms with Gasteiger partial charge in [0.2, 0.25) is 5.91 Å². The zero-order valence-electron chi connectivity index (χ0n) is 16.3. The lowest BCUT2D eigenvalue weighted by atomic mass is 10.2. The van der Waals surface area contributed by atoms with Crippen LogP contribution in [0.15, 0.2) is 58.5 Å². The van der Waals surface area contributed by atoms with Crippen LogP contribution in [0.5, 0.6) is 0 Å². The van der Waals surface area contributed by atoms with Crippen LogP contribution < -0.4 is 5.56 Å². The van der Waals surface area contributed by atoms with Crippen LogP contribution in [0.25, 0.3) is 16.6 Å². The molecule has 0 radical (unpaired) electrons. The first-order chi connectivity index (χ1) is 14.0. The highest BCUT2D eigenvalue weighted by atomic mass is 32.2. The van der Waals surface area contributed by atoms with Gasteiger partial charge in [0.15, 0.2) is 5.16 Å². The van der Waals surface area contributed by atoms with Crippen molar-refractivity contribution in [1.82, 2.24) is 14.5 Å². The Balaban J connectivity index is 1.86. The Morgan fingerprint density at radius 1 is 1.10 bits per heavy atom. The number of rotatable bonds is 8. The molecular formula is C21H22FN3O2S2. The smallest absolute Gasteiger partial charge is 0.266 e. The number of benzene rings is 2. The zero-order chi connectivity index (χ0) is 20.8. The average molecular weight is 432 g/mol. The van der Waals surface area contributed by atoms with Gasteiger partial charge in [0.05, 0.1) is 22.3 Å². The SMILES string of the molecule is CCN(CC)C(=O)CSCSc1nc2ccccc2c(=O)n1-c1ccc(F)cc1. The van der Waals surface area contributed by atoms with Crippen molar-refractivity contribution in [3.63, 3.8) is 0 Å². The van der Waals surface area contributed by atoms with Crippen LogP contribution in [0.1, 0.15) is 13.8 Å². The fraction of sp³-hybridized carbons (Fsp3) is 0.286. The number of hydrogen-bond donors (Lipinski definition) is 0. The summed E-state index contributed by atoms with van der Waals surface area (Å²) in [6, 6.07) is 12.9. The van der Waals surface area contributed by atoms with Crippen molar-refractivity contribution < 1.29 is 9.18 Å². The number of para-hydroxylation sites is 1. The minimum Gasteiger partial charge on any atom is -0.343 e. The van der Waals surface area contributed by atoms with E-state index < -0.39 is 0 Å². The molecule has 1 amide bonds. The highest BCUT2D eigenvalue weighted by molar-refractivity contribution is 8.16. The third-order valence-electron chi connectivity index (χ3n) is 4.44. The van der Waals surface area contributed by atoms with E-state index in [-0.39, 0.29) is 17.3 Å². The van der Waals surface area contributed by atoms with Gasteiger partial charge in [-0.25, -0.2) is 9.37 Å². The summed E-state index contributed by atoms with van der Waals surface area (Å²) in [5.74, 6) is 0.112. The number of fused-ring (bicyclic) bond motifs is 1. The maximum absolute atomic E-state index is 13.4. The summed E-state index contributed by atoms with van der Waals surface area (Å²) in [7, 11) is 0. The summed E-state index contributed by atoms with van der Waals surface area (Å²) in [5, 5.41) is 1.59. The second-order valence-electron chi connectivity index (χ2n) is 6.21. The van der Waals surface area contributed by atoms with Gasteiger partial charge in [0, 0.05) is 18.2 Å². The predicted octanol–water partition coefficient (Wildman–Crippen LogP) is 4.18. The van der Waals surface area contributed by atoms with E-state index in [9.17, 15) is 14.0 Å². The molecule has 0 unspecified atom stereocenters. The number of carbonyl (C=O) groups excluding carboxylic acids is 1. The van der Waals surface area contributed by atoms with E-state index in [2.05, 4.69) is 4.98 Å². The quantitative estimate of drug-likeness (QED) is 0.232. The van der Waals surface area contributed by atoms with E-state index in [4.69, 9.17) is 0 Å². The number of carbonyl (C=O) groups is 1. The van der Waals surface area contributed by atoms with E-state index in [0.29, 0.717) is 45.7 Å². The molecule has 0 N–H and O–H groups in total. The lowest BCUT2D eigenvalue weighted by Crippen LogP contribution is -2.31. The maximum atomic E-state index is 13.4. The molecule has 3 aromatic rings. The molecule has 5 nitrogen and oxygen atoms in total. The van der Waals surface area contributed by atoms with Crippen molar-refractivity contribution in [2.45, 2.75) is 19.0 Å². The minimum atomic E-state index is -0.366. The summed E-state index contributed by atoms with van der Waals surface area (Å²) < 4.78 is 14.9. The molecule has 0 saturated heterocycles. The summed E-state index contributed by atoms with van der Waals surface area (Å²) in [6.07, 6.45) is 0. The molecule has 2 aromatic carbocycles. The van der Waals surface area contributed by atoms with Gasteiger partial charge in [-0.3, -0.25) is 14.2 Å². The molecule has 29 heavy (non-hydrogen) atoms. The molecule has 1 heterocycles. The molecule has 0 saturated carbocycles. The predicted molar refractivity (Wildman–Crippen MR) is 118 cm³/mol. The van der Waals surface area contributed by atoms with Gasteiger partial charge in [-0.15, -0.1) is 11.8 Å². The van der Waals surface area contributed by atoms with Crippen molar-refractivity contribution in [1.29, 1.82) is 0 Å². The molecule has 0 aliphatic heterocycles. The number of amides is 1. The highest BCUT2D eigenvalue weighted by Crippen LogP contribution is 2.24. The first-order valence-electron chi connectivity index (χ1n) is 9.31. The average Bonchev–Trinajstić information content (AvgIpc) is 2.73. The van der Waals surface area contributed by atoms with E-state index >= 15 is 0 Å². The second-order valence-corrected chi connectivity index (χ2v) is 8.50. The maximum Gasteiger partial charge on any atom is 0.266 e. The molecule has 0 spiro atoms. The van der Waals surface area contributed by atoms with Crippen LogP contribution >= 0.6 is 23.5 Å². The normalized spacial score (nSPS) is 11.0. The van der Waals surface area contributed by atoms with E-state index in [1.54, 1.807) is 35.2 Å². The summed E-state index contributed by atoms with van der Waals surface area (Å²) in [6.45, 7) is 5.31. The highest BCUT2D eigenvalue weighted by Gasteiger charge is 2.14. The van der Waals surface area contributed by atoms with Gasteiger partial charge >= 0.3 is 0 Å². The molecular weight excluding hydrogens is 409 g/mol. The number of aromatic nitrogens is 2. The lowest BCUT2D eigenvalue weighted by molar-refractivity contribution is -0.127. The van der Waals surface area contributed by atoms with Crippen molar-refractivity contribution in [2.24, 2.45) is 0 Å². The lowest BCUT2D eigenvalue weighted by Gasteiger charge is -2.18. The summed E-state index contributed by atoms with van der Waals surface area (Å²) in [5.41, 5.74) is 0.970. The van der Waals surface area contributed by atoms with Crippen molar-refractivity contribution in [3.8, 4) is 5.69 Å². The minimum absolute atomic E-state index is 0.1000. The van der Waals surface area contributed by atoms with Crippen LogP contribution in [0.4, 0.5) is 4.39 Å². The van der Waals surface area contributed by atoms with Crippen LogP contribution in [0.3, 0.4) is 0 Å². The van der Waals surface area contributed by atoms with Gasteiger partial charge in [0.1, 0.15) is 5.82 Å². The van der Waals surface area contributed by atoms with Gasteiger partial charge in [-0.2, -0.15) is 0 Å². The van der Waals surface area contributed by atoms with Crippen molar-refractivity contribution in [2.75, 3.05) is 23.9 Å². The largest absolute Gasteiger partial charge is 0.343 e.